The molecule has 1 fully saturated rings. The Labute approximate surface area is 73.5 Å². The molecule has 0 saturated carbocycles. The molecular weight excluding hydrogens is 154 g/mol. The molecule has 1 rings (SSSR count). The van der Waals surface area contributed by atoms with Crippen LogP contribution in [0.15, 0.2) is 0 Å². The molecule has 0 unspecified atom stereocenters. The van der Waals surface area contributed by atoms with Crippen LogP contribution >= 0.6 is 0 Å². The van der Waals surface area contributed by atoms with Crippen molar-refractivity contribution >= 4 is 5.97 Å². The predicted octanol–water partition coefficient (Wildman–Crippen LogP) is 0.938. The fraction of sp³-hybridized carbons (Fsp3) is 0.889. The second-order valence-corrected chi connectivity index (χ2v) is 3.39. The highest BCUT2D eigenvalue weighted by Crippen LogP contribution is 2.15. The first-order valence-electron chi connectivity index (χ1n) is 4.64. The van der Waals surface area contributed by atoms with Crippen molar-refractivity contribution in [1.29, 1.82) is 0 Å². The molecule has 1 saturated heterocycles. The lowest BCUT2D eigenvalue weighted by Crippen LogP contribution is -2.43. The number of carbonyl (C=O) groups is 1. The van der Waals surface area contributed by atoms with Crippen LogP contribution in [0, 0.1) is 5.92 Å². The highest BCUT2D eigenvalue weighted by molar-refractivity contribution is 5.75. The summed E-state index contributed by atoms with van der Waals surface area (Å²) >= 11 is 0. The Kier molecular flexibility index (Phi) is 3.53. The Morgan fingerprint density at radius 1 is 1.67 bits per heavy atom. The number of esters is 1. The zero-order chi connectivity index (χ0) is 8.97. The summed E-state index contributed by atoms with van der Waals surface area (Å²) in [7, 11) is 0. The van der Waals surface area contributed by atoms with Crippen molar-refractivity contribution in [2.24, 2.45) is 5.92 Å². The fourth-order valence-corrected chi connectivity index (χ4v) is 1.53. The largest absolute Gasteiger partial charge is 0.465 e. The van der Waals surface area contributed by atoms with Gasteiger partial charge in [0.25, 0.3) is 0 Å². The zero-order valence-electron chi connectivity index (χ0n) is 7.80. The van der Waals surface area contributed by atoms with Gasteiger partial charge in [-0.15, -0.1) is 0 Å². The third-order valence-corrected chi connectivity index (χ3v) is 2.24. The maximum absolute atomic E-state index is 11.3. The number of nitrogens with one attached hydrogen (secondary N) is 1. The summed E-state index contributed by atoms with van der Waals surface area (Å²) in [6, 6.07) is -0.0614. The molecular formula is C9H17NO2. The maximum atomic E-state index is 11.3. The first-order valence-corrected chi connectivity index (χ1v) is 4.64. The molecule has 0 spiro atoms. The maximum Gasteiger partial charge on any atom is 0.323 e. The molecule has 0 radical (unpaired) electrons. The van der Waals surface area contributed by atoms with Gasteiger partial charge in [-0.25, -0.2) is 0 Å². The Morgan fingerprint density at radius 3 is 3.00 bits per heavy atom. The van der Waals surface area contributed by atoms with Crippen LogP contribution in [0.2, 0.25) is 0 Å². The zero-order valence-corrected chi connectivity index (χ0v) is 7.80. The van der Waals surface area contributed by atoms with Crippen molar-refractivity contribution in [3.8, 4) is 0 Å². The molecule has 1 N–H and O–H groups in total. The van der Waals surface area contributed by atoms with Crippen molar-refractivity contribution in [1.82, 2.24) is 5.32 Å². The minimum Gasteiger partial charge on any atom is -0.465 e. The van der Waals surface area contributed by atoms with Crippen LogP contribution in [-0.4, -0.2) is 25.2 Å². The topological polar surface area (TPSA) is 38.3 Å². The Bertz CT molecular complexity index is 159. The molecule has 0 aliphatic carbocycles. The first kappa shape index (κ1) is 9.52. The van der Waals surface area contributed by atoms with Gasteiger partial charge in [0.15, 0.2) is 0 Å². The van der Waals surface area contributed by atoms with E-state index in [0.717, 1.165) is 19.4 Å². The summed E-state index contributed by atoms with van der Waals surface area (Å²) in [6.07, 6.45) is 2.08. The molecule has 0 bridgehead atoms. The first-order chi connectivity index (χ1) is 5.74. The Hall–Kier alpha value is -0.570. The van der Waals surface area contributed by atoms with E-state index in [1.807, 2.05) is 6.92 Å². The SMILES string of the molecule is CCOC(=O)[C@H]1C[C@@H](C)CCN1. The lowest BCUT2D eigenvalue weighted by atomic mass is 9.94. The van der Waals surface area contributed by atoms with Gasteiger partial charge in [-0.05, 0) is 32.2 Å². The Balaban J connectivity index is 2.35. The summed E-state index contributed by atoms with van der Waals surface area (Å²) in [5, 5.41) is 3.16. The molecule has 3 nitrogen and oxygen atoms in total. The number of hydrogen-bond donors (Lipinski definition) is 1. The van der Waals surface area contributed by atoms with Crippen LogP contribution in [0.25, 0.3) is 0 Å². The van der Waals surface area contributed by atoms with E-state index in [1.54, 1.807) is 0 Å². The fourth-order valence-electron chi connectivity index (χ4n) is 1.53. The van der Waals surface area contributed by atoms with Gasteiger partial charge in [0.1, 0.15) is 6.04 Å². The quantitative estimate of drug-likeness (QED) is 0.628. The van der Waals surface area contributed by atoms with Crippen molar-refractivity contribution in [2.75, 3.05) is 13.2 Å². The van der Waals surface area contributed by atoms with E-state index in [-0.39, 0.29) is 12.0 Å². The second kappa shape index (κ2) is 4.45. The van der Waals surface area contributed by atoms with Crippen LogP contribution in [-0.2, 0) is 9.53 Å². The van der Waals surface area contributed by atoms with E-state index in [0.29, 0.717) is 12.5 Å². The standard InChI is InChI=1S/C9H17NO2/c1-3-12-9(11)8-6-7(2)4-5-10-8/h7-8,10H,3-6H2,1-2H3/t7-,8+/m0/s1. The molecule has 12 heavy (non-hydrogen) atoms. The molecule has 70 valence electrons. The molecule has 1 heterocycles. The van der Waals surface area contributed by atoms with Crippen molar-refractivity contribution in [2.45, 2.75) is 32.7 Å². The normalized spacial score (nSPS) is 29.8. The van der Waals surface area contributed by atoms with Gasteiger partial charge in [0.2, 0.25) is 0 Å². The molecule has 0 aromatic heterocycles. The summed E-state index contributed by atoms with van der Waals surface area (Å²) in [6.45, 7) is 5.42. The van der Waals surface area contributed by atoms with Gasteiger partial charge >= 0.3 is 5.97 Å². The number of ether oxygens (including phenoxy) is 1. The minimum atomic E-state index is -0.0935. The Morgan fingerprint density at radius 2 is 2.42 bits per heavy atom. The van der Waals surface area contributed by atoms with E-state index in [1.165, 1.54) is 0 Å². The summed E-state index contributed by atoms with van der Waals surface area (Å²) in [4.78, 5) is 11.3. The van der Waals surface area contributed by atoms with Gasteiger partial charge in [-0.1, -0.05) is 6.92 Å². The lowest BCUT2D eigenvalue weighted by Gasteiger charge is -2.26. The third-order valence-electron chi connectivity index (χ3n) is 2.24. The van der Waals surface area contributed by atoms with Crippen molar-refractivity contribution < 1.29 is 9.53 Å². The van der Waals surface area contributed by atoms with E-state index in [9.17, 15) is 4.79 Å². The van der Waals surface area contributed by atoms with Crippen LogP contribution in [0.1, 0.15) is 26.7 Å². The third kappa shape index (κ3) is 2.48. The summed E-state index contributed by atoms with van der Waals surface area (Å²) in [5.74, 6) is 0.546. The van der Waals surface area contributed by atoms with E-state index in [2.05, 4.69) is 12.2 Å². The minimum absolute atomic E-state index is 0.0614. The van der Waals surface area contributed by atoms with Crippen LogP contribution < -0.4 is 5.32 Å². The highest BCUT2D eigenvalue weighted by atomic mass is 16.5. The van der Waals surface area contributed by atoms with Crippen molar-refractivity contribution in [3.05, 3.63) is 0 Å². The summed E-state index contributed by atoms with van der Waals surface area (Å²) in [5.41, 5.74) is 0. The molecule has 1 aliphatic rings. The number of hydrogen-bond acceptors (Lipinski definition) is 3. The van der Waals surface area contributed by atoms with Gasteiger partial charge < -0.3 is 10.1 Å². The predicted molar refractivity (Wildman–Crippen MR) is 46.8 cm³/mol. The van der Waals surface area contributed by atoms with E-state index >= 15 is 0 Å². The average molecular weight is 171 g/mol. The smallest absolute Gasteiger partial charge is 0.323 e. The van der Waals surface area contributed by atoms with Gasteiger partial charge in [0, 0.05) is 0 Å². The second-order valence-electron chi connectivity index (χ2n) is 3.39. The highest BCUT2D eigenvalue weighted by Gasteiger charge is 2.25. The molecule has 1 aliphatic heterocycles. The number of piperidine rings is 1. The lowest BCUT2D eigenvalue weighted by molar-refractivity contribution is -0.146. The van der Waals surface area contributed by atoms with E-state index in [4.69, 9.17) is 4.74 Å². The average Bonchev–Trinajstić information content (AvgIpc) is 2.05. The van der Waals surface area contributed by atoms with Gasteiger partial charge in [-0.3, -0.25) is 4.79 Å². The van der Waals surface area contributed by atoms with Gasteiger partial charge in [-0.2, -0.15) is 0 Å². The van der Waals surface area contributed by atoms with Crippen LogP contribution in [0.5, 0.6) is 0 Å². The molecule has 0 aromatic rings. The number of rotatable bonds is 2. The van der Waals surface area contributed by atoms with Crippen molar-refractivity contribution in [3.63, 3.8) is 0 Å². The molecule has 0 amide bonds. The molecule has 0 aromatic carbocycles. The van der Waals surface area contributed by atoms with Crippen LogP contribution in [0.4, 0.5) is 0 Å². The van der Waals surface area contributed by atoms with E-state index < -0.39 is 0 Å². The monoisotopic (exact) mass is 171 g/mol. The number of carbonyl (C=O) groups excluding carboxylic acids is 1. The molecule has 3 heteroatoms. The summed E-state index contributed by atoms with van der Waals surface area (Å²) < 4.78 is 4.93. The molecule has 2 atom stereocenters. The van der Waals surface area contributed by atoms with Crippen LogP contribution in [0.3, 0.4) is 0 Å². The van der Waals surface area contributed by atoms with Gasteiger partial charge in [0.05, 0.1) is 6.61 Å².